The fraction of sp³-hybridized carbons (Fsp3) is 0.111. The van der Waals surface area contributed by atoms with Gasteiger partial charge < -0.3 is 0 Å². The lowest BCUT2D eigenvalue weighted by Gasteiger charge is -1.95. The molecule has 0 amide bonds. The van der Waals surface area contributed by atoms with Crippen molar-refractivity contribution in [3.63, 3.8) is 0 Å². The summed E-state index contributed by atoms with van der Waals surface area (Å²) < 4.78 is 0. The lowest BCUT2D eigenvalue weighted by molar-refractivity contribution is 1.45. The van der Waals surface area contributed by atoms with Crippen LogP contribution in [0, 0.1) is 13.5 Å². The molecule has 0 aliphatic rings. The molecule has 0 heteroatoms. The van der Waals surface area contributed by atoms with Crippen LogP contribution in [0.4, 0.5) is 0 Å². The largest absolute Gasteiger partial charge is 0.0620 e. The Balaban J connectivity index is 3.15. The van der Waals surface area contributed by atoms with E-state index < -0.39 is 0 Å². The van der Waals surface area contributed by atoms with Gasteiger partial charge in [-0.3, -0.25) is 0 Å². The van der Waals surface area contributed by atoms with E-state index in [1.54, 1.807) is 6.08 Å². The van der Waals surface area contributed by atoms with Gasteiger partial charge in [0.1, 0.15) is 0 Å². The monoisotopic (exact) mass is 117 g/mol. The van der Waals surface area contributed by atoms with Crippen LogP contribution in [0.5, 0.6) is 0 Å². The van der Waals surface area contributed by atoms with Crippen LogP contribution in [0.3, 0.4) is 0 Å². The Morgan fingerprint density at radius 1 is 1.33 bits per heavy atom. The molecule has 0 N–H and O–H groups in total. The molecule has 0 saturated heterocycles. The van der Waals surface area contributed by atoms with Gasteiger partial charge in [0.2, 0.25) is 0 Å². The third-order valence-electron chi connectivity index (χ3n) is 1.37. The summed E-state index contributed by atoms with van der Waals surface area (Å²) in [6.45, 7) is 7.37. The Hall–Kier alpha value is -1.04. The van der Waals surface area contributed by atoms with E-state index in [2.05, 4.69) is 0 Å². The van der Waals surface area contributed by atoms with Crippen molar-refractivity contribution >= 4 is 6.08 Å². The molecular weight excluding hydrogens is 108 g/mol. The minimum atomic E-state index is 1.11. The molecule has 0 bridgehead atoms. The summed E-state index contributed by atoms with van der Waals surface area (Å²) >= 11 is 0. The zero-order chi connectivity index (χ0) is 6.69. The van der Waals surface area contributed by atoms with Gasteiger partial charge in [-0.15, -0.1) is 0 Å². The molecule has 0 aliphatic heterocycles. The van der Waals surface area contributed by atoms with E-state index in [0.29, 0.717) is 0 Å². The first-order valence-corrected chi connectivity index (χ1v) is 2.95. The fourth-order valence-electron chi connectivity index (χ4n) is 0.774. The van der Waals surface area contributed by atoms with Crippen LogP contribution in [-0.2, 0) is 0 Å². The third-order valence-corrected chi connectivity index (χ3v) is 1.37. The summed E-state index contributed by atoms with van der Waals surface area (Å²) in [5.41, 5.74) is 2.33. The van der Waals surface area contributed by atoms with E-state index in [9.17, 15) is 0 Å². The molecule has 1 rings (SSSR count). The number of hydrogen-bond donors (Lipinski definition) is 0. The molecule has 0 atom stereocenters. The summed E-state index contributed by atoms with van der Waals surface area (Å²) in [5, 5.41) is 0. The van der Waals surface area contributed by atoms with Crippen LogP contribution in [0.2, 0.25) is 0 Å². The zero-order valence-electron chi connectivity index (χ0n) is 5.46. The van der Waals surface area contributed by atoms with Crippen molar-refractivity contribution in [1.82, 2.24) is 0 Å². The smallest absolute Gasteiger partial charge is 0.0227 e. The van der Waals surface area contributed by atoms with Gasteiger partial charge in [0, 0.05) is 0 Å². The summed E-state index contributed by atoms with van der Waals surface area (Å²) in [4.78, 5) is 0. The maximum absolute atomic E-state index is 5.33. The normalized spacial score (nSPS) is 9.00. The van der Waals surface area contributed by atoms with Gasteiger partial charge >= 0.3 is 0 Å². The summed E-state index contributed by atoms with van der Waals surface area (Å²) in [6, 6.07) is 8.02. The number of hydrogen-bond acceptors (Lipinski definition) is 0. The molecule has 0 spiro atoms. The Morgan fingerprint density at radius 2 is 2.00 bits per heavy atom. The van der Waals surface area contributed by atoms with E-state index in [1.165, 1.54) is 5.56 Å². The minimum Gasteiger partial charge on any atom is -0.0620 e. The predicted octanol–water partition coefficient (Wildman–Crippen LogP) is 2.44. The van der Waals surface area contributed by atoms with Gasteiger partial charge in [-0.25, -0.2) is 0 Å². The first-order valence-electron chi connectivity index (χ1n) is 2.95. The van der Waals surface area contributed by atoms with Crippen LogP contribution in [0.1, 0.15) is 11.1 Å². The average Bonchev–Trinajstić information content (AvgIpc) is 1.89. The Morgan fingerprint density at radius 3 is 2.44 bits per heavy atom. The molecule has 0 aliphatic carbocycles. The highest BCUT2D eigenvalue weighted by atomic mass is 13.9. The molecule has 1 aromatic rings. The molecule has 0 unspecified atom stereocenters. The van der Waals surface area contributed by atoms with Crippen LogP contribution in [-0.4, -0.2) is 0 Å². The second-order valence-electron chi connectivity index (χ2n) is 2.02. The standard InChI is InChI=1S/C9H9/c1-3-9-7-5-4-6-8(9)2/h1,3-7H,2H3. The highest BCUT2D eigenvalue weighted by Gasteiger charge is 1.86. The van der Waals surface area contributed by atoms with E-state index >= 15 is 0 Å². The molecule has 1 aromatic carbocycles. The molecule has 0 heterocycles. The summed E-state index contributed by atoms with van der Waals surface area (Å²) in [6.07, 6.45) is 1.62. The topological polar surface area (TPSA) is 0 Å². The van der Waals surface area contributed by atoms with E-state index in [4.69, 9.17) is 6.58 Å². The minimum absolute atomic E-state index is 1.11. The number of aryl methyl sites for hydroxylation is 1. The van der Waals surface area contributed by atoms with Crippen LogP contribution < -0.4 is 0 Å². The van der Waals surface area contributed by atoms with Crippen molar-refractivity contribution in [3.05, 3.63) is 42.0 Å². The Bertz CT molecular complexity index is 211. The molecule has 0 nitrogen and oxygen atoms in total. The fourth-order valence-corrected chi connectivity index (χ4v) is 0.774. The maximum atomic E-state index is 5.33. The lowest BCUT2D eigenvalue weighted by Crippen LogP contribution is -1.75. The number of rotatable bonds is 1. The van der Waals surface area contributed by atoms with Gasteiger partial charge in [0.25, 0.3) is 0 Å². The third kappa shape index (κ3) is 1.20. The van der Waals surface area contributed by atoms with Crippen molar-refractivity contribution < 1.29 is 0 Å². The second-order valence-corrected chi connectivity index (χ2v) is 2.02. The maximum Gasteiger partial charge on any atom is -0.0227 e. The lowest BCUT2D eigenvalue weighted by atomic mass is 10.1. The summed E-state index contributed by atoms with van der Waals surface area (Å²) in [7, 11) is 0. The van der Waals surface area contributed by atoms with Crippen LogP contribution >= 0.6 is 0 Å². The predicted molar refractivity (Wildman–Crippen MR) is 39.9 cm³/mol. The molecule has 45 valence electrons. The molecule has 9 heavy (non-hydrogen) atoms. The van der Waals surface area contributed by atoms with Gasteiger partial charge in [-0.2, -0.15) is 0 Å². The van der Waals surface area contributed by atoms with Gasteiger partial charge in [0.15, 0.2) is 0 Å². The molecule has 1 radical (unpaired) electrons. The first-order chi connectivity index (χ1) is 4.34. The van der Waals surface area contributed by atoms with E-state index in [0.717, 1.165) is 5.56 Å². The highest BCUT2D eigenvalue weighted by Crippen LogP contribution is 2.06. The highest BCUT2D eigenvalue weighted by molar-refractivity contribution is 5.49. The Labute approximate surface area is 55.8 Å². The van der Waals surface area contributed by atoms with E-state index in [-0.39, 0.29) is 0 Å². The number of benzene rings is 1. The van der Waals surface area contributed by atoms with Crippen molar-refractivity contribution in [2.45, 2.75) is 6.92 Å². The van der Waals surface area contributed by atoms with Gasteiger partial charge in [0.05, 0.1) is 0 Å². The van der Waals surface area contributed by atoms with E-state index in [1.807, 2.05) is 31.2 Å². The SMILES string of the molecule is [CH]=Cc1ccccc1C. The second kappa shape index (κ2) is 2.49. The van der Waals surface area contributed by atoms with Gasteiger partial charge in [-0.1, -0.05) is 36.9 Å². The van der Waals surface area contributed by atoms with Gasteiger partial charge in [-0.05, 0) is 18.1 Å². The Kier molecular flexibility index (Phi) is 1.69. The van der Waals surface area contributed by atoms with Crippen LogP contribution in [0.15, 0.2) is 24.3 Å². The van der Waals surface area contributed by atoms with Crippen molar-refractivity contribution in [2.75, 3.05) is 0 Å². The average molecular weight is 117 g/mol. The van der Waals surface area contributed by atoms with Crippen molar-refractivity contribution in [1.29, 1.82) is 0 Å². The molecule has 0 aromatic heterocycles. The molecular formula is C9H9. The first kappa shape index (κ1) is 6.09. The van der Waals surface area contributed by atoms with Crippen molar-refractivity contribution in [2.24, 2.45) is 0 Å². The quantitative estimate of drug-likeness (QED) is 0.530. The summed E-state index contributed by atoms with van der Waals surface area (Å²) in [5.74, 6) is 0. The van der Waals surface area contributed by atoms with Crippen LogP contribution in [0.25, 0.3) is 6.08 Å². The molecule has 0 fully saturated rings. The van der Waals surface area contributed by atoms with Crippen molar-refractivity contribution in [3.8, 4) is 0 Å². The molecule has 0 saturated carbocycles. The zero-order valence-corrected chi connectivity index (χ0v) is 5.46.